The van der Waals surface area contributed by atoms with E-state index in [4.69, 9.17) is 25.8 Å². The van der Waals surface area contributed by atoms with E-state index in [1.54, 1.807) is 51.7 Å². The Hall–Kier alpha value is -4.23. The highest BCUT2D eigenvalue weighted by molar-refractivity contribution is 6.31. The molecule has 1 amide bonds. The van der Waals surface area contributed by atoms with Crippen molar-refractivity contribution in [2.75, 3.05) is 26.6 Å². The van der Waals surface area contributed by atoms with Crippen LogP contribution in [0.25, 0.3) is 0 Å². The Balaban J connectivity index is 1.53. The maximum absolute atomic E-state index is 13.9. The topological polar surface area (TPSA) is 85.9 Å². The molecule has 5 rings (SSSR count). The Morgan fingerprint density at radius 2 is 1.65 bits per heavy atom. The summed E-state index contributed by atoms with van der Waals surface area (Å²) < 4.78 is 16.1. The molecule has 2 atom stereocenters. The number of halogens is 1. The second-order valence-corrected chi connectivity index (χ2v) is 10.2. The zero-order valence-electron chi connectivity index (χ0n) is 22.8. The Labute approximate surface area is 238 Å². The lowest BCUT2D eigenvalue weighted by Gasteiger charge is -2.37. The lowest BCUT2D eigenvalue weighted by molar-refractivity contribution is -0.116. The molecule has 1 heterocycles. The fourth-order valence-electron chi connectivity index (χ4n) is 5.58. The highest BCUT2D eigenvalue weighted by Gasteiger charge is 2.41. The number of allylic oxidation sites excluding steroid dienone is 3. The molecule has 3 aromatic carbocycles. The van der Waals surface area contributed by atoms with E-state index in [-0.39, 0.29) is 17.6 Å². The van der Waals surface area contributed by atoms with Gasteiger partial charge in [-0.25, -0.2) is 0 Å². The van der Waals surface area contributed by atoms with Crippen LogP contribution in [0.3, 0.4) is 0 Å². The van der Waals surface area contributed by atoms with Crippen molar-refractivity contribution in [1.29, 1.82) is 0 Å². The molecule has 40 heavy (non-hydrogen) atoms. The maximum Gasteiger partial charge on any atom is 0.254 e. The first kappa shape index (κ1) is 27.3. The Morgan fingerprint density at radius 3 is 2.33 bits per heavy atom. The summed E-state index contributed by atoms with van der Waals surface area (Å²) >= 11 is 6.69. The third-order valence-electron chi connectivity index (χ3n) is 7.52. The van der Waals surface area contributed by atoms with Crippen LogP contribution in [0.5, 0.6) is 17.2 Å². The van der Waals surface area contributed by atoms with Crippen LogP contribution in [-0.4, -0.2) is 33.0 Å². The largest absolute Gasteiger partial charge is 0.497 e. The van der Waals surface area contributed by atoms with E-state index in [2.05, 4.69) is 10.6 Å². The zero-order chi connectivity index (χ0) is 28.4. The number of nitrogens with one attached hydrogen (secondary N) is 2. The molecule has 2 unspecified atom stereocenters. The molecule has 0 spiro atoms. The van der Waals surface area contributed by atoms with Gasteiger partial charge >= 0.3 is 0 Å². The van der Waals surface area contributed by atoms with Crippen LogP contribution in [0.15, 0.2) is 89.3 Å². The number of hydrogen-bond acceptors (Lipinski definition) is 6. The number of carbonyl (C=O) groups excluding carboxylic acids is 2. The number of carbonyl (C=O) groups is 2. The van der Waals surface area contributed by atoms with Gasteiger partial charge in [-0.3, -0.25) is 9.59 Å². The number of amides is 1. The van der Waals surface area contributed by atoms with Crippen LogP contribution in [0, 0.1) is 0 Å². The van der Waals surface area contributed by atoms with Gasteiger partial charge < -0.3 is 24.8 Å². The number of anilines is 1. The van der Waals surface area contributed by atoms with Gasteiger partial charge in [0.2, 0.25) is 0 Å². The van der Waals surface area contributed by atoms with E-state index in [9.17, 15) is 9.59 Å². The molecule has 2 aliphatic rings. The number of rotatable bonds is 7. The first-order valence-electron chi connectivity index (χ1n) is 13.0. The predicted molar refractivity (Wildman–Crippen MR) is 155 cm³/mol. The number of methoxy groups -OCH3 is 3. The average Bonchev–Trinajstić information content (AvgIpc) is 2.96. The summed E-state index contributed by atoms with van der Waals surface area (Å²) in [5, 5.41) is 6.90. The van der Waals surface area contributed by atoms with Crippen molar-refractivity contribution < 1.29 is 23.8 Å². The van der Waals surface area contributed by atoms with E-state index in [1.165, 1.54) is 0 Å². The molecule has 3 aromatic rings. The van der Waals surface area contributed by atoms with Crippen molar-refractivity contribution in [2.45, 2.75) is 31.6 Å². The summed E-state index contributed by atoms with van der Waals surface area (Å²) in [5.74, 6) is 0.936. The second-order valence-electron chi connectivity index (χ2n) is 9.84. The highest BCUT2D eigenvalue weighted by Crippen LogP contribution is 2.47. The van der Waals surface area contributed by atoms with Gasteiger partial charge in [-0.2, -0.15) is 0 Å². The van der Waals surface area contributed by atoms with Gasteiger partial charge in [0.15, 0.2) is 17.3 Å². The number of benzene rings is 3. The molecule has 1 aliphatic carbocycles. The molecule has 0 fully saturated rings. The van der Waals surface area contributed by atoms with Crippen molar-refractivity contribution in [3.63, 3.8) is 0 Å². The van der Waals surface area contributed by atoms with Crippen molar-refractivity contribution in [3.05, 3.63) is 105 Å². The molecule has 1 aliphatic heterocycles. The first-order chi connectivity index (χ1) is 19.3. The number of hydrogen-bond donors (Lipinski definition) is 2. The standard InChI is InChI=1S/C32H31ClN2O5/c1-18-29(32(37)35-21-10-12-22(38-2)13-11-21)30(23-7-5-6-8-24(23)33)31-25(34-18)15-20(16-26(31)36)19-9-14-27(39-3)28(17-19)40-4/h5-14,17,20,30,34H,15-16H2,1-4H3,(H,35,37). The molecular formula is C32H31ClN2O5. The van der Waals surface area contributed by atoms with Crippen LogP contribution < -0.4 is 24.8 Å². The quantitative estimate of drug-likeness (QED) is 0.351. The van der Waals surface area contributed by atoms with Gasteiger partial charge in [0.1, 0.15) is 5.75 Å². The molecule has 0 bridgehead atoms. The minimum Gasteiger partial charge on any atom is -0.497 e. The molecular weight excluding hydrogens is 528 g/mol. The first-order valence-corrected chi connectivity index (χ1v) is 13.4. The third kappa shape index (κ3) is 5.17. The smallest absolute Gasteiger partial charge is 0.254 e. The Morgan fingerprint density at radius 1 is 0.925 bits per heavy atom. The van der Waals surface area contributed by atoms with Crippen LogP contribution in [0.1, 0.15) is 42.7 Å². The molecule has 206 valence electrons. The summed E-state index contributed by atoms with van der Waals surface area (Å²) in [4.78, 5) is 27.7. The van der Waals surface area contributed by atoms with Crippen LogP contribution in [0.4, 0.5) is 5.69 Å². The van der Waals surface area contributed by atoms with E-state index < -0.39 is 5.92 Å². The fourth-order valence-corrected chi connectivity index (χ4v) is 5.82. The van der Waals surface area contributed by atoms with Crippen molar-refractivity contribution in [3.8, 4) is 17.2 Å². The molecule has 0 saturated heterocycles. The number of ether oxygens (including phenoxy) is 3. The lowest BCUT2D eigenvalue weighted by atomic mass is 9.71. The van der Waals surface area contributed by atoms with E-state index >= 15 is 0 Å². The second kappa shape index (κ2) is 11.5. The number of dihydropyridines is 1. The third-order valence-corrected chi connectivity index (χ3v) is 7.86. The molecule has 7 nitrogen and oxygen atoms in total. The molecule has 0 saturated carbocycles. The minimum absolute atomic E-state index is 0.0271. The van der Waals surface area contributed by atoms with Crippen molar-refractivity contribution in [2.24, 2.45) is 0 Å². The van der Waals surface area contributed by atoms with E-state index in [1.807, 2.05) is 43.3 Å². The molecule has 0 aromatic heterocycles. The number of ketones is 1. The minimum atomic E-state index is -0.609. The molecule has 0 radical (unpaired) electrons. The molecule has 2 N–H and O–H groups in total. The Bertz CT molecular complexity index is 1530. The summed E-state index contributed by atoms with van der Waals surface area (Å²) in [6.07, 6.45) is 0.894. The zero-order valence-corrected chi connectivity index (χ0v) is 23.6. The van der Waals surface area contributed by atoms with Gasteiger partial charge in [0.05, 0.1) is 21.3 Å². The van der Waals surface area contributed by atoms with E-state index in [0.717, 1.165) is 16.8 Å². The lowest BCUT2D eigenvalue weighted by Crippen LogP contribution is -2.37. The monoisotopic (exact) mass is 558 g/mol. The van der Waals surface area contributed by atoms with Gasteiger partial charge in [-0.1, -0.05) is 35.9 Å². The predicted octanol–water partition coefficient (Wildman–Crippen LogP) is 6.37. The van der Waals surface area contributed by atoms with Gasteiger partial charge in [-0.05, 0) is 72.9 Å². The Kier molecular flexibility index (Phi) is 7.85. The van der Waals surface area contributed by atoms with Crippen molar-refractivity contribution in [1.82, 2.24) is 5.32 Å². The highest BCUT2D eigenvalue weighted by atomic mass is 35.5. The van der Waals surface area contributed by atoms with Gasteiger partial charge in [0.25, 0.3) is 5.91 Å². The van der Waals surface area contributed by atoms with Crippen molar-refractivity contribution >= 4 is 29.0 Å². The number of Topliss-reactive ketones (excluding diaryl/α,β-unsaturated/α-hetero) is 1. The fraction of sp³-hybridized carbons (Fsp3) is 0.250. The summed E-state index contributed by atoms with van der Waals surface area (Å²) in [5.41, 5.74) is 4.84. The van der Waals surface area contributed by atoms with E-state index in [0.29, 0.717) is 57.6 Å². The normalized spacial score (nSPS) is 18.6. The van der Waals surface area contributed by atoms with Gasteiger partial charge in [-0.15, -0.1) is 0 Å². The molecule has 8 heteroatoms. The summed E-state index contributed by atoms with van der Waals surface area (Å²) in [6.45, 7) is 1.86. The maximum atomic E-state index is 13.9. The SMILES string of the molecule is COc1ccc(NC(=O)C2=C(C)NC3=C(C(=O)CC(c4ccc(OC)c(OC)c4)C3)C2c2ccccc2Cl)cc1. The van der Waals surface area contributed by atoms with Crippen LogP contribution in [0.2, 0.25) is 5.02 Å². The summed E-state index contributed by atoms with van der Waals surface area (Å²) in [7, 11) is 4.78. The summed E-state index contributed by atoms with van der Waals surface area (Å²) in [6, 6.07) is 20.2. The van der Waals surface area contributed by atoms with Gasteiger partial charge in [0, 0.05) is 45.6 Å². The van der Waals surface area contributed by atoms with Crippen LogP contribution >= 0.6 is 11.6 Å². The average molecular weight is 559 g/mol. The van der Waals surface area contributed by atoms with Crippen LogP contribution in [-0.2, 0) is 9.59 Å².